The summed E-state index contributed by atoms with van der Waals surface area (Å²) in [5, 5.41) is 5.21. The van der Waals surface area contributed by atoms with Crippen molar-refractivity contribution in [3.05, 3.63) is 59.7 Å². The molecule has 2 N–H and O–H groups in total. The fourth-order valence-corrected chi connectivity index (χ4v) is 3.76. The summed E-state index contributed by atoms with van der Waals surface area (Å²) >= 11 is 0. The van der Waals surface area contributed by atoms with Crippen LogP contribution in [0.4, 0.5) is 5.69 Å². The molecule has 3 rings (SSSR count). The van der Waals surface area contributed by atoms with Crippen molar-refractivity contribution in [2.45, 2.75) is 17.9 Å². The van der Waals surface area contributed by atoms with Gasteiger partial charge < -0.3 is 14.5 Å². The van der Waals surface area contributed by atoms with E-state index in [1.54, 1.807) is 24.1 Å². The lowest BCUT2D eigenvalue weighted by Gasteiger charge is -2.29. The number of morpholine rings is 1. The normalized spacial score (nSPS) is 15.9. The minimum absolute atomic E-state index is 0.0348. The molecule has 0 spiro atoms. The van der Waals surface area contributed by atoms with Crippen molar-refractivity contribution >= 4 is 21.6 Å². The molecule has 8 heteroatoms. The summed E-state index contributed by atoms with van der Waals surface area (Å²) in [5.41, 5.74) is 2.35. The Morgan fingerprint density at radius 1 is 1.14 bits per heavy atom. The molecule has 1 heterocycles. The summed E-state index contributed by atoms with van der Waals surface area (Å²) in [6.45, 7) is 4.94. The van der Waals surface area contributed by atoms with E-state index in [4.69, 9.17) is 9.88 Å². The van der Waals surface area contributed by atoms with E-state index in [1.807, 2.05) is 31.2 Å². The smallest absolute Gasteiger partial charge is 0.254 e. The minimum atomic E-state index is -3.79. The average Bonchev–Trinajstić information content (AvgIpc) is 2.72. The van der Waals surface area contributed by atoms with Gasteiger partial charge in [-0.15, -0.1) is 0 Å². The molecule has 0 aliphatic carbocycles. The highest BCUT2D eigenvalue weighted by Gasteiger charge is 2.21. The van der Waals surface area contributed by atoms with E-state index < -0.39 is 10.0 Å². The predicted octanol–water partition coefficient (Wildman–Crippen LogP) is 2.00. The SMILES string of the molecule is CC(c1cccc(S(N)(=O)=O)c1)N(C)C(=O)c1ccc(N2CCOCC2)cc1. The van der Waals surface area contributed by atoms with Crippen LogP contribution in [0.3, 0.4) is 0 Å². The van der Waals surface area contributed by atoms with Gasteiger partial charge in [0.05, 0.1) is 24.2 Å². The second-order valence-electron chi connectivity index (χ2n) is 6.86. The highest BCUT2D eigenvalue weighted by Crippen LogP contribution is 2.24. The van der Waals surface area contributed by atoms with Crippen molar-refractivity contribution in [2.24, 2.45) is 5.14 Å². The Kier molecular flexibility index (Phi) is 6.02. The molecule has 1 fully saturated rings. The van der Waals surface area contributed by atoms with Gasteiger partial charge in [-0.1, -0.05) is 12.1 Å². The second kappa shape index (κ2) is 8.30. The van der Waals surface area contributed by atoms with Crippen LogP contribution in [0.15, 0.2) is 53.4 Å². The number of rotatable bonds is 5. The molecular weight excluding hydrogens is 378 g/mol. The number of carbonyl (C=O) groups is 1. The maximum atomic E-state index is 12.9. The Balaban J connectivity index is 1.74. The molecule has 150 valence electrons. The van der Waals surface area contributed by atoms with E-state index in [2.05, 4.69) is 4.90 Å². The standard InChI is InChI=1S/C20H25N3O4S/c1-15(17-4-3-5-19(14-17)28(21,25)26)22(2)20(24)16-6-8-18(9-7-16)23-10-12-27-13-11-23/h3-9,14-15H,10-13H2,1-2H3,(H2,21,25,26). The summed E-state index contributed by atoms with van der Waals surface area (Å²) < 4.78 is 28.5. The number of anilines is 1. The summed E-state index contributed by atoms with van der Waals surface area (Å²) in [4.78, 5) is 16.7. The van der Waals surface area contributed by atoms with Gasteiger partial charge in [-0.25, -0.2) is 13.6 Å². The molecule has 1 amide bonds. The lowest BCUT2D eigenvalue weighted by Crippen LogP contribution is -2.36. The monoisotopic (exact) mass is 403 g/mol. The van der Waals surface area contributed by atoms with Gasteiger partial charge in [-0.05, 0) is 48.9 Å². The number of nitrogens with zero attached hydrogens (tertiary/aromatic N) is 2. The van der Waals surface area contributed by atoms with Gasteiger partial charge in [0.1, 0.15) is 0 Å². The third kappa shape index (κ3) is 4.52. The fourth-order valence-electron chi connectivity index (χ4n) is 3.19. The molecule has 0 saturated carbocycles. The lowest BCUT2D eigenvalue weighted by molar-refractivity contribution is 0.0742. The minimum Gasteiger partial charge on any atom is -0.378 e. The van der Waals surface area contributed by atoms with Crippen LogP contribution in [0.1, 0.15) is 28.9 Å². The highest BCUT2D eigenvalue weighted by molar-refractivity contribution is 7.89. The number of hydrogen-bond donors (Lipinski definition) is 1. The molecule has 2 aromatic carbocycles. The number of hydrogen-bond acceptors (Lipinski definition) is 5. The number of sulfonamides is 1. The van der Waals surface area contributed by atoms with Crippen LogP contribution in [0, 0.1) is 0 Å². The summed E-state index contributed by atoms with van der Waals surface area (Å²) in [5.74, 6) is -0.137. The zero-order chi connectivity index (χ0) is 20.3. The molecule has 0 bridgehead atoms. The Morgan fingerprint density at radius 3 is 2.39 bits per heavy atom. The van der Waals surface area contributed by atoms with E-state index in [0.29, 0.717) is 24.3 Å². The van der Waals surface area contributed by atoms with Crippen molar-refractivity contribution in [2.75, 3.05) is 38.3 Å². The lowest BCUT2D eigenvalue weighted by atomic mass is 10.1. The van der Waals surface area contributed by atoms with Gasteiger partial charge in [0.15, 0.2) is 0 Å². The summed E-state index contributed by atoms with van der Waals surface area (Å²) in [6, 6.07) is 13.6. The van der Waals surface area contributed by atoms with Crippen molar-refractivity contribution < 1.29 is 17.9 Å². The molecular formula is C20H25N3O4S. The number of benzene rings is 2. The molecule has 28 heavy (non-hydrogen) atoms. The van der Waals surface area contributed by atoms with Gasteiger partial charge in [0, 0.05) is 31.4 Å². The zero-order valence-corrected chi connectivity index (χ0v) is 16.9. The van der Waals surface area contributed by atoms with E-state index in [-0.39, 0.29) is 16.8 Å². The molecule has 1 saturated heterocycles. The van der Waals surface area contributed by atoms with E-state index in [0.717, 1.165) is 18.8 Å². The first-order valence-corrected chi connectivity index (χ1v) is 10.6. The molecule has 1 aliphatic rings. The maximum Gasteiger partial charge on any atom is 0.254 e. The number of primary sulfonamides is 1. The molecule has 0 aromatic heterocycles. The fraction of sp³-hybridized carbons (Fsp3) is 0.350. The van der Waals surface area contributed by atoms with Crippen LogP contribution in [0.25, 0.3) is 0 Å². The van der Waals surface area contributed by atoms with Crippen LogP contribution in [-0.4, -0.2) is 52.6 Å². The topological polar surface area (TPSA) is 92.9 Å². The Morgan fingerprint density at radius 2 is 1.79 bits per heavy atom. The first-order chi connectivity index (χ1) is 13.3. The van der Waals surface area contributed by atoms with Crippen LogP contribution in [0.5, 0.6) is 0 Å². The summed E-state index contributed by atoms with van der Waals surface area (Å²) in [6.07, 6.45) is 0. The Hall–Kier alpha value is -2.42. The van der Waals surface area contributed by atoms with Gasteiger partial charge in [0.25, 0.3) is 5.91 Å². The van der Waals surface area contributed by atoms with Crippen LogP contribution in [-0.2, 0) is 14.8 Å². The zero-order valence-electron chi connectivity index (χ0n) is 16.0. The number of ether oxygens (including phenoxy) is 1. The van der Waals surface area contributed by atoms with Crippen LogP contribution >= 0.6 is 0 Å². The third-order valence-corrected chi connectivity index (χ3v) is 5.97. The van der Waals surface area contributed by atoms with Crippen molar-refractivity contribution in [3.8, 4) is 0 Å². The molecule has 1 aliphatic heterocycles. The van der Waals surface area contributed by atoms with Gasteiger partial charge >= 0.3 is 0 Å². The number of carbonyl (C=O) groups excluding carboxylic acids is 1. The summed E-state index contributed by atoms with van der Waals surface area (Å²) in [7, 11) is -2.09. The molecule has 7 nitrogen and oxygen atoms in total. The largest absolute Gasteiger partial charge is 0.378 e. The average molecular weight is 404 g/mol. The molecule has 2 aromatic rings. The van der Waals surface area contributed by atoms with E-state index in [9.17, 15) is 13.2 Å². The van der Waals surface area contributed by atoms with Crippen LogP contribution < -0.4 is 10.0 Å². The van der Waals surface area contributed by atoms with Gasteiger partial charge in [0.2, 0.25) is 10.0 Å². The quantitative estimate of drug-likeness (QED) is 0.824. The van der Waals surface area contributed by atoms with Crippen LogP contribution in [0.2, 0.25) is 0 Å². The maximum absolute atomic E-state index is 12.9. The number of nitrogens with two attached hydrogens (primary N) is 1. The Labute approximate surface area is 165 Å². The van der Waals surface area contributed by atoms with Gasteiger partial charge in [-0.3, -0.25) is 4.79 Å². The first-order valence-electron chi connectivity index (χ1n) is 9.10. The van der Waals surface area contributed by atoms with E-state index in [1.165, 1.54) is 12.1 Å². The second-order valence-corrected chi connectivity index (χ2v) is 8.42. The number of amides is 1. The predicted molar refractivity (Wildman–Crippen MR) is 108 cm³/mol. The van der Waals surface area contributed by atoms with Crippen molar-refractivity contribution in [3.63, 3.8) is 0 Å². The molecule has 0 radical (unpaired) electrons. The highest BCUT2D eigenvalue weighted by atomic mass is 32.2. The third-order valence-electron chi connectivity index (χ3n) is 5.06. The van der Waals surface area contributed by atoms with E-state index >= 15 is 0 Å². The van der Waals surface area contributed by atoms with Gasteiger partial charge in [-0.2, -0.15) is 0 Å². The molecule has 1 unspecified atom stereocenters. The van der Waals surface area contributed by atoms with Crippen molar-refractivity contribution in [1.29, 1.82) is 0 Å². The Bertz CT molecular complexity index is 938. The molecule has 1 atom stereocenters. The first kappa shape index (κ1) is 20.3. The van der Waals surface area contributed by atoms with Crippen molar-refractivity contribution in [1.82, 2.24) is 4.90 Å².